The highest BCUT2D eigenvalue weighted by Gasteiger charge is 2.15. The minimum Gasteiger partial charge on any atom is -0.377 e. The molecule has 0 aliphatic rings. The number of thiophene rings is 1. The second kappa shape index (κ2) is 5.49. The van der Waals surface area contributed by atoms with E-state index in [1.165, 1.54) is 26.6 Å². The minimum atomic E-state index is -0.205. The minimum absolute atomic E-state index is 0.155. The highest BCUT2D eigenvalue weighted by atomic mass is 32.1. The maximum Gasteiger partial charge on any atom is 0.125 e. The molecule has 2 aromatic carbocycles. The lowest BCUT2D eigenvalue weighted by Gasteiger charge is -2.17. The van der Waals surface area contributed by atoms with Crippen LogP contribution in [0.1, 0.15) is 29.0 Å². The number of anilines is 1. The second-order valence-electron chi connectivity index (χ2n) is 5.41. The van der Waals surface area contributed by atoms with Gasteiger partial charge in [-0.3, -0.25) is 0 Å². The van der Waals surface area contributed by atoms with Crippen LogP contribution in [0.2, 0.25) is 0 Å². The molecule has 1 unspecified atom stereocenters. The predicted octanol–water partition coefficient (Wildman–Crippen LogP) is 5.83. The Morgan fingerprint density at radius 1 is 1.10 bits per heavy atom. The van der Waals surface area contributed by atoms with Gasteiger partial charge in [-0.1, -0.05) is 24.3 Å². The predicted molar refractivity (Wildman–Crippen MR) is 89.7 cm³/mol. The average Bonchev–Trinajstić information content (AvgIpc) is 2.81. The van der Waals surface area contributed by atoms with Gasteiger partial charge in [0.2, 0.25) is 0 Å². The maximum atomic E-state index is 13.4. The van der Waals surface area contributed by atoms with E-state index in [1.54, 1.807) is 17.4 Å². The van der Waals surface area contributed by atoms with Crippen LogP contribution in [0.15, 0.2) is 42.5 Å². The van der Waals surface area contributed by atoms with Crippen molar-refractivity contribution in [2.45, 2.75) is 26.8 Å². The van der Waals surface area contributed by atoms with Crippen LogP contribution < -0.4 is 5.32 Å². The van der Waals surface area contributed by atoms with Gasteiger partial charge in [-0.05, 0) is 55.5 Å². The van der Waals surface area contributed by atoms with Crippen molar-refractivity contribution in [2.24, 2.45) is 0 Å². The quantitative estimate of drug-likeness (QED) is 0.641. The van der Waals surface area contributed by atoms with E-state index < -0.39 is 0 Å². The van der Waals surface area contributed by atoms with E-state index in [-0.39, 0.29) is 11.9 Å². The van der Waals surface area contributed by atoms with Crippen molar-refractivity contribution in [3.63, 3.8) is 0 Å². The molecule has 3 rings (SSSR count). The molecule has 0 saturated carbocycles. The number of hydrogen-bond acceptors (Lipinski definition) is 2. The van der Waals surface area contributed by atoms with Crippen molar-refractivity contribution in [3.05, 3.63) is 64.3 Å². The van der Waals surface area contributed by atoms with E-state index in [0.29, 0.717) is 0 Å². The fourth-order valence-electron chi connectivity index (χ4n) is 2.65. The molecule has 0 spiro atoms. The van der Waals surface area contributed by atoms with Gasteiger partial charge in [0.25, 0.3) is 0 Å². The third-order valence-corrected chi connectivity index (χ3v) is 5.30. The summed E-state index contributed by atoms with van der Waals surface area (Å²) in [5.74, 6) is -0.205. The third kappa shape index (κ3) is 2.66. The Morgan fingerprint density at radius 2 is 1.86 bits per heavy atom. The molecule has 1 atom stereocenters. The molecule has 3 aromatic rings. The van der Waals surface area contributed by atoms with Crippen LogP contribution in [0.5, 0.6) is 0 Å². The summed E-state index contributed by atoms with van der Waals surface area (Å²) in [6.45, 7) is 6.28. The zero-order chi connectivity index (χ0) is 15.0. The Balaban J connectivity index is 1.95. The van der Waals surface area contributed by atoms with Crippen molar-refractivity contribution in [1.82, 2.24) is 0 Å². The summed E-state index contributed by atoms with van der Waals surface area (Å²) in [4.78, 5) is 1.31. The fourth-order valence-corrected chi connectivity index (χ4v) is 3.87. The number of hydrogen-bond donors (Lipinski definition) is 1. The van der Waals surface area contributed by atoms with E-state index >= 15 is 0 Å². The fraction of sp³-hybridized carbons (Fsp3) is 0.222. The summed E-state index contributed by atoms with van der Waals surface area (Å²) in [7, 11) is 0. The van der Waals surface area contributed by atoms with Gasteiger partial charge in [-0.25, -0.2) is 4.39 Å². The van der Waals surface area contributed by atoms with Gasteiger partial charge in [-0.15, -0.1) is 11.3 Å². The van der Waals surface area contributed by atoms with Crippen molar-refractivity contribution in [2.75, 3.05) is 5.32 Å². The smallest absolute Gasteiger partial charge is 0.125 e. The first-order valence-corrected chi connectivity index (χ1v) is 7.88. The van der Waals surface area contributed by atoms with E-state index in [4.69, 9.17) is 0 Å². The Morgan fingerprint density at radius 3 is 2.62 bits per heavy atom. The van der Waals surface area contributed by atoms with Gasteiger partial charge in [0, 0.05) is 15.3 Å². The summed E-state index contributed by atoms with van der Waals surface area (Å²) in [5.41, 5.74) is 3.23. The molecule has 0 amide bonds. The normalized spacial score (nSPS) is 12.6. The SMILES string of the molecule is Cc1ccc(F)cc1NC(C)c1sc2ccccc2c1C. The van der Waals surface area contributed by atoms with E-state index in [0.717, 1.165) is 11.3 Å². The molecule has 0 fully saturated rings. The highest BCUT2D eigenvalue weighted by molar-refractivity contribution is 7.19. The Hall–Kier alpha value is -1.87. The molecule has 1 heterocycles. The number of halogens is 1. The van der Waals surface area contributed by atoms with Crippen LogP contribution in [0.4, 0.5) is 10.1 Å². The van der Waals surface area contributed by atoms with E-state index in [1.807, 2.05) is 13.0 Å². The molecule has 21 heavy (non-hydrogen) atoms. The topological polar surface area (TPSA) is 12.0 Å². The summed E-state index contributed by atoms with van der Waals surface area (Å²) in [5, 5.41) is 4.75. The third-order valence-electron chi connectivity index (χ3n) is 3.85. The van der Waals surface area contributed by atoms with E-state index in [9.17, 15) is 4.39 Å². The number of benzene rings is 2. The van der Waals surface area contributed by atoms with Gasteiger partial charge < -0.3 is 5.32 Å². The van der Waals surface area contributed by atoms with Crippen molar-refractivity contribution < 1.29 is 4.39 Å². The Bertz CT molecular complexity index is 791. The monoisotopic (exact) mass is 299 g/mol. The van der Waals surface area contributed by atoms with Gasteiger partial charge >= 0.3 is 0 Å². The first-order valence-electron chi connectivity index (χ1n) is 7.07. The second-order valence-corrected chi connectivity index (χ2v) is 6.50. The Kier molecular flexibility index (Phi) is 3.68. The van der Waals surface area contributed by atoms with Crippen molar-refractivity contribution in [1.29, 1.82) is 0 Å². The number of rotatable bonds is 3. The molecule has 0 bridgehead atoms. The Labute approximate surface area is 128 Å². The lowest BCUT2D eigenvalue weighted by Crippen LogP contribution is -2.07. The van der Waals surface area contributed by atoms with E-state index in [2.05, 4.69) is 43.4 Å². The largest absolute Gasteiger partial charge is 0.377 e. The summed E-state index contributed by atoms with van der Waals surface area (Å²) >= 11 is 1.81. The number of nitrogens with one attached hydrogen (secondary N) is 1. The molecule has 0 saturated heterocycles. The van der Waals surface area contributed by atoms with Gasteiger partial charge in [0.15, 0.2) is 0 Å². The molecule has 1 N–H and O–H groups in total. The molecule has 0 radical (unpaired) electrons. The van der Waals surface area contributed by atoms with Gasteiger partial charge in [0.05, 0.1) is 6.04 Å². The molecule has 1 nitrogen and oxygen atoms in total. The van der Waals surface area contributed by atoms with Crippen LogP contribution in [-0.2, 0) is 0 Å². The molecule has 108 valence electrons. The standard InChI is InChI=1S/C18H18FNS/c1-11-8-9-14(19)10-16(11)20-13(3)18-12(2)15-6-4-5-7-17(15)21-18/h4-10,13,20H,1-3H3. The lowest BCUT2D eigenvalue weighted by atomic mass is 10.1. The molecule has 0 aliphatic carbocycles. The van der Waals surface area contributed by atoms with Crippen LogP contribution in [-0.4, -0.2) is 0 Å². The summed E-state index contributed by atoms with van der Waals surface area (Å²) in [6.07, 6.45) is 0. The van der Waals surface area contributed by atoms with Crippen molar-refractivity contribution in [3.8, 4) is 0 Å². The molecule has 1 aromatic heterocycles. The number of aryl methyl sites for hydroxylation is 2. The molecule has 3 heteroatoms. The van der Waals surface area contributed by atoms with Crippen LogP contribution in [0.25, 0.3) is 10.1 Å². The maximum absolute atomic E-state index is 13.4. The number of fused-ring (bicyclic) bond motifs is 1. The first-order chi connectivity index (χ1) is 10.1. The zero-order valence-corrected chi connectivity index (χ0v) is 13.2. The summed E-state index contributed by atoms with van der Waals surface area (Å²) in [6, 6.07) is 13.5. The zero-order valence-electron chi connectivity index (χ0n) is 12.4. The lowest BCUT2D eigenvalue weighted by molar-refractivity contribution is 0.627. The van der Waals surface area contributed by atoms with Crippen molar-refractivity contribution >= 4 is 27.1 Å². The van der Waals surface area contributed by atoms with Crippen LogP contribution in [0.3, 0.4) is 0 Å². The van der Waals surface area contributed by atoms with Gasteiger partial charge in [0.1, 0.15) is 5.82 Å². The van der Waals surface area contributed by atoms with Gasteiger partial charge in [-0.2, -0.15) is 0 Å². The summed E-state index contributed by atoms with van der Waals surface area (Å²) < 4.78 is 14.7. The molecular weight excluding hydrogens is 281 g/mol. The average molecular weight is 299 g/mol. The van der Waals surface area contributed by atoms with Crippen LogP contribution >= 0.6 is 11.3 Å². The first kappa shape index (κ1) is 14.1. The highest BCUT2D eigenvalue weighted by Crippen LogP contribution is 2.36. The molecule has 0 aliphatic heterocycles. The molecular formula is C18H18FNS. The van der Waals surface area contributed by atoms with Crippen LogP contribution in [0, 0.1) is 19.7 Å².